The zero-order valence-corrected chi connectivity index (χ0v) is 12.6. The third-order valence-corrected chi connectivity index (χ3v) is 4.97. The van der Waals surface area contributed by atoms with Crippen LogP contribution in [0.2, 0.25) is 0 Å². The topological polar surface area (TPSA) is 38.1 Å². The van der Waals surface area contributed by atoms with Gasteiger partial charge in [-0.3, -0.25) is 0 Å². The first-order valence-corrected chi connectivity index (χ1v) is 7.87. The number of nitrogens with one attached hydrogen (secondary N) is 1. The average molecular weight is 327 g/mol. The van der Waals surface area contributed by atoms with Gasteiger partial charge in [-0.25, -0.2) is 4.98 Å². The fraction of sp³-hybridized carbons (Fsp3) is 0.462. The molecule has 2 heterocycles. The number of hydrogen-bond acceptors (Lipinski definition) is 4. The standard InChI is InChI=1S/C13H15BrN2OS/c1-2-15-9-4-3-5-10-11(9)16-13(18-10)12-8(14)6-7-17-12/h6-7,9,15H,2-5H2,1H3. The lowest BCUT2D eigenvalue weighted by Gasteiger charge is -2.21. The van der Waals surface area contributed by atoms with Crippen molar-refractivity contribution in [3.8, 4) is 10.8 Å². The summed E-state index contributed by atoms with van der Waals surface area (Å²) >= 11 is 5.26. The van der Waals surface area contributed by atoms with Gasteiger partial charge in [0.15, 0.2) is 10.8 Å². The van der Waals surface area contributed by atoms with Crippen molar-refractivity contribution >= 4 is 27.3 Å². The van der Waals surface area contributed by atoms with Crippen LogP contribution in [0.5, 0.6) is 0 Å². The maximum absolute atomic E-state index is 5.50. The Bertz CT molecular complexity index is 549. The van der Waals surface area contributed by atoms with E-state index in [9.17, 15) is 0 Å². The molecule has 0 spiro atoms. The Morgan fingerprint density at radius 2 is 2.50 bits per heavy atom. The van der Waals surface area contributed by atoms with Gasteiger partial charge in [0.25, 0.3) is 0 Å². The molecular formula is C13H15BrN2OS. The quantitative estimate of drug-likeness (QED) is 0.920. The molecule has 0 fully saturated rings. The van der Waals surface area contributed by atoms with Gasteiger partial charge in [0, 0.05) is 4.88 Å². The minimum absolute atomic E-state index is 0.414. The van der Waals surface area contributed by atoms with Crippen molar-refractivity contribution in [1.29, 1.82) is 0 Å². The van der Waals surface area contributed by atoms with Crippen LogP contribution in [0.15, 0.2) is 21.2 Å². The second-order valence-electron chi connectivity index (χ2n) is 4.43. The van der Waals surface area contributed by atoms with Crippen LogP contribution in [0.4, 0.5) is 0 Å². The van der Waals surface area contributed by atoms with Gasteiger partial charge in [0.1, 0.15) is 0 Å². The van der Waals surface area contributed by atoms with E-state index in [0.29, 0.717) is 6.04 Å². The van der Waals surface area contributed by atoms with Gasteiger partial charge in [0.05, 0.1) is 22.5 Å². The van der Waals surface area contributed by atoms with E-state index in [0.717, 1.165) is 28.2 Å². The Balaban J connectivity index is 1.98. The number of nitrogens with zero attached hydrogens (tertiary/aromatic N) is 1. The zero-order valence-electron chi connectivity index (χ0n) is 10.2. The van der Waals surface area contributed by atoms with Crippen LogP contribution in [-0.4, -0.2) is 11.5 Å². The second-order valence-corrected chi connectivity index (χ2v) is 6.37. The number of halogens is 1. The van der Waals surface area contributed by atoms with E-state index in [2.05, 4.69) is 28.2 Å². The highest BCUT2D eigenvalue weighted by molar-refractivity contribution is 9.10. The normalized spacial score (nSPS) is 18.9. The third-order valence-electron chi connectivity index (χ3n) is 3.22. The van der Waals surface area contributed by atoms with Crippen LogP contribution in [0.3, 0.4) is 0 Å². The molecule has 2 aromatic rings. The first-order valence-electron chi connectivity index (χ1n) is 6.26. The molecule has 1 aliphatic carbocycles. The van der Waals surface area contributed by atoms with Crippen molar-refractivity contribution in [2.45, 2.75) is 32.2 Å². The molecule has 0 saturated heterocycles. The SMILES string of the molecule is CCNC1CCCc2sc(-c3occc3Br)nc21. The highest BCUT2D eigenvalue weighted by Gasteiger charge is 2.25. The van der Waals surface area contributed by atoms with E-state index in [-0.39, 0.29) is 0 Å². The summed E-state index contributed by atoms with van der Waals surface area (Å²) in [6.07, 6.45) is 5.27. The lowest BCUT2D eigenvalue weighted by Crippen LogP contribution is -2.24. The molecule has 0 amide bonds. The molecular weight excluding hydrogens is 312 g/mol. The molecule has 0 aromatic carbocycles. The lowest BCUT2D eigenvalue weighted by atomic mass is 9.98. The molecule has 0 saturated carbocycles. The summed E-state index contributed by atoms with van der Waals surface area (Å²) in [4.78, 5) is 6.19. The van der Waals surface area contributed by atoms with Crippen LogP contribution in [-0.2, 0) is 6.42 Å². The highest BCUT2D eigenvalue weighted by Crippen LogP contribution is 2.39. The molecule has 0 bridgehead atoms. The van der Waals surface area contributed by atoms with Crippen LogP contribution < -0.4 is 5.32 Å². The monoisotopic (exact) mass is 326 g/mol. The number of aromatic nitrogens is 1. The molecule has 1 unspecified atom stereocenters. The van der Waals surface area contributed by atoms with Gasteiger partial charge < -0.3 is 9.73 Å². The average Bonchev–Trinajstić information content (AvgIpc) is 2.95. The maximum atomic E-state index is 5.50. The van der Waals surface area contributed by atoms with Gasteiger partial charge >= 0.3 is 0 Å². The molecule has 96 valence electrons. The predicted molar refractivity (Wildman–Crippen MR) is 76.9 cm³/mol. The van der Waals surface area contributed by atoms with Crippen LogP contribution >= 0.6 is 27.3 Å². The Morgan fingerprint density at radius 1 is 1.61 bits per heavy atom. The Morgan fingerprint density at radius 3 is 3.22 bits per heavy atom. The predicted octanol–water partition coefficient (Wildman–Crippen LogP) is 4.15. The summed E-state index contributed by atoms with van der Waals surface area (Å²) in [7, 11) is 0. The Hall–Kier alpha value is -0.650. The number of thiazole rings is 1. The van der Waals surface area contributed by atoms with E-state index in [1.807, 2.05) is 6.07 Å². The molecule has 3 nitrogen and oxygen atoms in total. The lowest BCUT2D eigenvalue weighted by molar-refractivity contribution is 0.465. The van der Waals surface area contributed by atoms with Gasteiger partial charge in [-0.15, -0.1) is 11.3 Å². The molecule has 18 heavy (non-hydrogen) atoms. The minimum Gasteiger partial charge on any atom is -0.461 e. The maximum Gasteiger partial charge on any atom is 0.176 e. The van der Waals surface area contributed by atoms with E-state index < -0.39 is 0 Å². The number of fused-ring (bicyclic) bond motifs is 1. The van der Waals surface area contributed by atoms with Crippen LogP contribution in [0.1, 0.15) is 36.4 Å². The molecule has 1 N–H and O–H groups in total. The summed E-state index contributed by atoms with van der Waals surface area (Å²) in [6.45, 7) is 3.13. The minimum atomic E-state index is 0.414. The largest absolute Gasteiger partial charge is 0.461 e. The first-order chi connectivity index (χ1) is 8.79. The molecule has 2 aromatic heterocycles. The third kappa shape index (κ3) is 2.15. The van der Waals surface area contributed by atoms with Crippen molar-refractivity contribution in [1.82, 2.24) is 10.3 Å². The summed E-state index contributed by atoms with van der Waals surface area (Å²) in [5, 5.41) is 4.50. The molecule has 0 aliphatic heterocycles. The van der Waals surface area contributed by atoms with Crippen LogP contribution in [0.25, 0.3) is 10.8 Å². The number of furan rings is 1. The molecule has 5 heteroatoms. The number of hydrogen-bond donors (Lipinski definition) is 1. The van der Waals surface area contributed by atoms with E-state index in [4.69, 9.17) is 9.40 Å². The van der Waals surface area contributed by atoms with E-state index >= 15 is 0 Å². The van der Waals surface area contributed by atoms with E-state index in [1.54, 1.807) is 17.6 Å². The number of rotatable bonds is 3. The molecule has 1 aliphatic rings. The van der Waals surface area contributed by atoms with Gasteiger partial charge in [0.2, 0.25) is 0 Å². The Labute approximate surface area is 119 Å². The number of aryl methyl sites for hydroxylation is 1. The van der Waals surface area contributed by atoms with Crippen molar-refractivity contribution in [2.75, 3.05) is 6.54 Å². The van der Waals surface area contributed by atoms with Crippen molar-refractivity contribution in [2.24, 2.45) is 0 Å². The zero-order chi connectivity index (χ0) is 12.5. The summed E-state index contributed by atoms with van der Waals surface area (Å²) in [6, 6.07) is 2.33. The van der Waals surface area contributed by atoms with Crippen LogP contribution in [0, 0.1) is 0 Å². The summed E-state index contributed by atoms with van der Waals surface area (Å²) < 4.78 is 6.48. The fourth-order valence-corrected chi connectivity index (χ4v) is 4.09. The van der Waals surface area contributed by atoms with Crippen molar-refractivity contribution in [3.63, 3.8) is 0 Å². The smallest absolute Gasteiger partial charge is 0.176 e. The Kier molecular flexibility index (Phi) is 3.54. The molecule has 1 atom stereocenters. The second kappa shape index (κ2) is 5.15. The van der Waals surface area contributed by atoms with E-state index in [1.165, 1.54) is 23.4 Å². The first kappa shape index (κ1) is 12.4. The summed E-state index contributed by atoms with van der Waals surface area (Å²) in [5.41, 5.74) is 1.23. The van der Waals surface area contributed by atoms with Gasteiger partial charge in [-0.2, -0.15) is 0 Å². The van der Waals surface area contributed by atoms with Crippen molar-refractivity contribution < 1.29 is 4.42 Å². The highest BCUT2D eigenvalue weighted by atomic mass is 79.9. The molecule has 0 radical (unpaired) electrons. The fourth-order valence-electron chi connectivity index (χ4n) is 2.41. The van der Waals surface area contributed by atoms with Crippen molar-refractivity contribution in [3.05, 3.63) is 27.4 Å². The summed E-state index contributed by atoms with van der Waals surface area (Å²) in [5.74, 6) is 0.852. The van der Waals surface area contributed by atoms with Gasteiger partial charge in [-0.05, 0) is 47.8 Å². The molecule has 3 rings (SSSR count). The van der Waals surface area contributed by atoms with Gasteiger partial charge in [-0.1, -0.05) is 6.92 Å².